The van der Waals surface area contributed by atoms with Gasteiger partial charge < -0.3 is 0 Å². The third-order valence-electron chi connectivity index (χ3n) is 12.6. The Balaban J connectivity index is 1.04. The Morgan fingerprint density at radius 2 is 0.787 bits per heavy atom. The third kappa shape index (κ3) is 5.55. The molecular weight excluding hydrogens is 739 g/mol. The Morgan fingerprint density at radius 3 is 1.49 bits per heavy atom. The summed E-state index contributed by atoms with van der Waals surface area (Å²) in [5.74, 6) is 1.90. The summed E-state index contributed by atoms with van der Waals surface area (Å²) >= 11 is 0. The molecule has 1 heterocycles. The van der Waals surface area contributed by atoms with E-state index in [-0.39, 0.29) is 0 Å². The number of fused-ring (bicyclic) bond motifs is 7. The molecule has 0 amide bonds. The van der Waals surface area contributed by atoms with Crippen LogP contribution in [0.5, 0.6) is 0 Å². The Labute approximate surface area is 354 Å². The van der Waals surface area contributed by atoms with Crippen LogP contribution in [0.3, 0.4) is 0 Å². The van der Waals surface area contributed by atoms with Crippen molar-refractivity contribution in [3.8, 4) is 56.4 Å². The highest BCUT2D eigenvalue weighted by Crippen LogP contribution is 2.56. The fourth-order valence-corrected chi connectivity index (χ4v) is 9.86. The lowest BCUT2D eigenvalue weighted by molar-refractivity contribution is 0.768. The molecule has 0 fully saturated rings. The van der Waals surface area contributed by atoms with Crippen LogP contribution in [-0.2, 0) is 5.41 Å². The molecule has 3 nitrogen and oxygen atoms in total. The molecule has 0 saturated carbocycles. The van der Waals surface area contributed by atoms with Crippen molar-refractivity contribution in [2.45, 2.75) is 5.41 Å². The molecule has 0 radical (unpaired) electrons. The molecule has 0 bridgehead atoms. The maximum absolute atomic E-state index is 5.29. The summed E-state index contributed by atoms with van der Waals surface area (Å²) in [5, 5.41) is 7.43. The van der Waals surface area contributed by atoms with Gasteiger partial charge in [-0.15, -0.1) is 0 Å². The summed E-state index contributed by atoms with van der Waals surface area (Å²) in [7, 11) is 0. The molecule has 0 aliphatic heterocycles. The topological polar surface area (TPSA) is 38.7 Å². The minimum atomic E-state index is -0.532. The van der Waals surface area contributed by atoms with Crippen molar-refractivity contribution in [1.82, 2.24) is 15.0 Å². The maximum atomic E-state index is 5.29. The molecule has 0 saturated heterocycles. The van der Waals surface area contributed by atoms with Gasteiger partial charge in [0, 0.05) is 16.7 Å². The minimum absolute atomic E-state index is 0.532. The SMILES string of the molecule is c1ccc(-c2nc(-c3ccc(-c4c5ccccc5cc5ccc6ccccc6c45)cc3)nc(-c3ccc4c(c3)C(c3ccccc3)(c3ccccc3)c3ccccc3-4)n2)cc1. The molecule has 10 aromatic carbocycles. The standard InChI is InChI=1S/C58H37N3/c1-4-17-40(18-5-1)55-59-56(41-31-29-39(30-32-41)53-48-25-13-11-19-42(48)36-43-33-28-38-16-10-12-24-47(38)54(43)53)61-57(60-55)44-34-35-50-49-26-14-15-27-51(49)58(52(50)37-44,45-20-6-2-7-21-45)46-22-8-3-9-23-46/h1-37H. The third-order valence-corrected chi connectivity index (χ3v) is 12.6. The van der Waals surface area contributed by atoms with Gasteiger partial charge in [0.05, 0.1) is 5.41 Å². The first-order chi connectivity index (χ1) is 30.2. The van der Waals surface area contributed by atoms with E-state index in [0.29, 0.717) is 17.5 Å². The molecule has 0 unspecified atom stereocenters. The van der Waals surface area contributed by atoms with Gasteiger partial charge in [0.2, 0.25) is 0 Å². The van der Waals surface area contributed by atoms with Crippen LogP contribution in [0.2, 0.25) is 0 Å². The monoisotopic (exact) mass is 775 g/mol. The normalized spacial score (nSPS) is 12.7. The maximum Gasteiger partial charge on any atom is 0.164 e. The molecule has 11 aromatic rings. The molecule has 1 aliphatic rings. The zero-order valence-electron chi connectivity index (χ0n) is 33.2. The number of rotatable bonds is 6. The van der Waals surface area contributed by atoms with Crippen LogP contribution in [0.4, 0.5) is 0 Å². The van der Waals surface area contributed by atoms with E-state index in [4.69, 9.17) is 15.0 Å². The molecule has 0 atom stereocenters. The summed E-state index contributed by atoms with van der Waals surface area (Å²) in [6.45, 7) is 0. The summed E-state index contributed by atoms with van der Waals surface area (Å²) < 4.78 is 0. The van der Waals surface area contributed by atoms with Gasteiger partial charge in [0.1, 0.15) is 0 Å². The quantitative estimate of drug-likeness (QED) is 0.125. The average molecular weight is 776 g/mol. The van der Waals surface area contributed by atoms with Crippen LogP contribution in [0.25, 0.3) is 88.7 Å². The summed E-state index contributed by atoms with van der Waals surface area (Å²) in [6, 6.07) is 80.6. The summed E-state index contributed by atoms with van der Waals surface area (Å²) in [6.07, 6.45) is 0. The second-order valence-electron chi connectivity index (χ2n) is 15.9. The molecule has 1 aromatic heterocycles. The smallest absolute Gasteiger partial charge is 0.164 e. The lowest BCUT2D eigenvalue weighted by Crippen LogP contribution is -2.28. The zero-order chi connectivity index (χ0) is 40.3. The van der Waals surface area contributed by atoms with Crippen LogP contribution in [0.15, 0.2) is 224 Å². The molecule has 61 heavy (non-hydrogen) atoms. The van der Waals surface area contributed by atoms with E-state index in [0.717, 1.165) is 22.3 Å². The van der Waals surface area contributed by atoms with E-state index < -0.39 is 5.41 Å². The number of hydrogen-bond donors (Lipinski definition) is 0. The molecule has 0 spiro atoms. The van der Waals surface area contributed by atoms with Crippen molar-refractivity contribution in [2.24, 2.45) is 0 Å². The Hall–Kier alpha value is -8.01. The van der Waals surface area contributed by atoms with Gasteiger partial charge in [-0.3, -0.25) is 0 Å². The van der Waals surface area contributed by atoms with Gasteiger partial charge >= 0.3 is 0 Å². The highest BCUT2D eigenvalue weighted by atomic mass is 15.0. The highest BCUT2D eigenvalue weighted by molar-refractivity contribution is 6.22. The summed E-state index contributed by atoms with van der Waals surface area (Å²) in [5.41, 5.74) is 12.0. The van der Waals surface area contributed by atoms with Crippen molar-refractivity contribution in [3.05, 3.63) is 247 Å². The van der Waals surface area contributed by atoms with Gasteiger partial charge in [-0.05, 0) is 89.0 Å². The first-order valence-corrected chi connectivity index (χ1v) is 20.9. The van der Waals surface area contributed by atoms with E-state index in [1.54, 1.807) is 0 Å². The first kappa shape index (κ1) is 35.0. The van der Waals surface area contributed by atoms with Crippen molar-refractivity contribution in [1.29, 1.82) is 0 Å². The van der Waals surface area contributed by atoms with Gasteiger partial charge in [0.15, 0.2) is 17.5 Å². The van der Waals surface area contributed by atoms with Gasteiger partial charge in [-0.1, -0.05) is 212 Å². The summed E-state index contributed by atoms with van der Waals surface area (Å²) in [4.78, 5) is 15.6. The second-order valence-corrected chi connectivity index (χ2v) is 15.9. The predicted molar refractivity (Wildman–Crippen MR) is 251 cm³/mol. The van der Waals surface area contributed by atoms with Crippen molar-refractivity contribution in [2.75, 3.05) is 0 Å². The lowest BCUT2D eigenvalue weighted by atomic mass is 9.67. The Bertz CT molecular complexity index is 3410. The fourth-order valence-electron chi connectivity index (χ4n) is 9.86. The van der Waals surface area contributed by atoms with E-state index >= 15 is 0 Å². The molecule has 12 rings (SSSR count). The highest BCUT2D eigenvalue weighted by Gasteiger charge is 2.46. The molecular formula is C58H37N3. The van der Waals surface area contributed by atoms with Crippen LogP contribution < -0.4 is 0 Å². The van der Waals surface area contributed by atoms with Gasteiger partial charge in [0.25, 0.3) is 0 Å². The van der Waals surface area contributed by atoms with Crippen molar-refractivity contribution in [3.63, 3.8) is 0 Å². The number of hydrogen-bond acceptors (Lipinski definition) is 3. The van der Waals surface area contributed by atoms with Crippen LogP contribution in [0, 0.1) is 0 Å². The molecule has 284 valence electrons. The van der Waals surface area contributed by atoms with Gasteiger partial charge in [-0.2, -0.15) is 0 Å². The van der Waals surface area contributed by atoms with Crippen LogP contribution >= 0.6 is 0 Å². The average Bonchev–Trinajstić information content (AvgIpc) is 3.64. The first-order valence-electron chi connectivity index (χ1n) is 20.9. The molecule has 3 heteroatoms. The predicted octanol–water partition coefficient (Wildman–Crippen LogP) is 14.4. The zero-order valence-corrected chi connectivity index (χ0v) is 33.2. The van der Waals surface area contributed by atoms with Crippen LogP contribution in [0.1, 0.15) is 22.3 Å². The van der Waals surface area contributed by atoms with Crippen molar-refractivity contribution < 1.29 is 0 Å². The van der Waals surface area contributed by atoms with Crippen molar-refractivity contribution >= 4 is 32.3 Å². The molecule has 1 aliphatic carbocycles. The number of nitrogens with zero attached hydrogens (tertiary/aromatic N) is 3. The fraction of sp³-hybridized carbons (Fsp3) is 0.0172. The van der Waals surface area contributed by atoms with E-state index in [1.165, 1.54) is 71.3 Å². The number of aromatic nitrogens is 3. The number of benzene rings is 10. The Kier molecular flexibility index (Phi) is 8.07. The largest absolute Gasteiger partial charge is 0.208 e. The van der Waals surface area contributed by atoms with Gasteiger partial charge in [-0.25, -0.2) is 15.0 Å². The minimum Gasteiger partial charge on any atom is -0.208 e. The van der Waals surface area contributed by atoms with E-state index in [1.807, 2.05) is 18.2 Å². The molecule has 0 N–H and O–H groups in total. The lowest BCUT2D eigenvalue weighted by Gasteiger charge is -2.34. The van der Waals surface area contributed by atoms with Crippen LogP contribution in [-0.4, -0.2) is 15.0 Å². The second kappa shape index (κ2) is 14.1. The van der Waals surface area contributed by atoms with E-state index in [9.17, 15) is 0 Å². The van der Waals surface area contributed by atoms with E-state index in [2.05, 4.69) is 206 Å². The Morgan fingerprint density at radius 1 is 0.295 bits per heavy atom.